The second-order valence-electron chi connectivity index (χ2n) is 5.61. The van der Waals surface area contributed by atoms with Crippen molar-refractivity contribution in [3.05, 3.63) is 40.3 Å². The number of rotatable bonds is 5. The molecule has 6 heteroatoms. The lowest BCUT2D eigenvalue weighted by Crippen LogP contribution is -2.24. The second-order valence-corrected chi connectivity index (χ2v) is 6.45. The number of nitrogens with zero attached hydrogens (tertiary/aromatic N) is 3. The van der Waals surface area contributed by atoms with Crippen molar-refractivity contribution in [2.45, 2.75) is 25.9 Å². The zero-order valence-electron chi connectivity index (χ0n) is 12.4. The van der Waals surface area contributed by atoms with Gasteiger partial charge in [0, 0.05) is 30.2 Å². The summed E-state index contributed by atoms with van der Waals surface area (Å²) in [6.07, 6.45) is 4.47. The minimum absolute atomic E-state index is 0.439. The van der Waals surface area contributed by atoms with Gasteiger partial charge in [0.1, 0.15) is 0 Å². The van der Waals surface area contributed by atoms with Crippen molar-refractivity contribution in [3.63, 3.8) is 0 Å². The molecule has 0 atom stereocenters. The van der Waals surface area contributed by atoms with E-state index < -0.39 is 0 Å². The predicted molar refractivity (Wildman–Crippen MR) is 91.2 cm³/mol. The molecule has 22 heavy (non-hydrogen) atoms. The van der Waals surface area contributed by atoms with Crippen LogP contribution in [0.25, 0.3) is 11.3 Å². The zero-order valence-corrected chi connectivity index (χ0v) is 13.9. The summed E-state index contributed by atoms with van der Waals surface area (Å²) in [5.74, 6) is 0. The van der Waals surface area contributed by atoms with Crippen LogP contribution in [0.1, 0.15) is 18.5 Å². The van der Waals surface area contributed by atoms with E-state index in [-0.39, 0.29) is 0 Å². The van der Waals surface area contributed by atoms with Crippen molar-refractivity contribution in [3.8, 4) is 11.3 Å². The van der Waals surface area contributed by atoms with E-state index in [9.17, 15) is 0 Å². The fourth-order valence-electron chi connectivity index (χ4n) is 2.98. The maximum absolute atomic E-state index is 6.30. The van der Waals surface area contributed by atoms with Crippen molar-refractivity contribution in [1.82, 2.24) is 14.5 Å². The summed E-state index contributed by atoms with van der Waals surface area (Å²) >= 11 is 12.3. The average Bonchev–Trinajstić information content (AvgIpc) is 3.14. The normalized spacial score (nSPS) is 15.6. The van der Waals surface area contributed by atoms with Gasteiger partial charge in [0.25, 0.3) is 0 Å². The first-order valence-corrected chi connectivity index (χ1v) is 8.36. The minimum atomic E-state index is 0.439. The highest BCUT2D eigenvalue weighted by Gasteiger charge is 2.16. The van der Waals surface area contributed by atoms with Crippen LogP contribution in [0, 0.1) is 0 Å². The third-order valence-corrected chi connectivity index (χ3v) is 4.73. The van der Waals surface area contributed by atoms with Gasteiger partial charge < -0.3 is 15.2 Å². The highest BCUT2D eigenvalue weighted by atomic mass is 35.5. The van der Waals surface area contributed by atoms with E-state index in [1.54, 1.807) is 6.07 Å². The molecule has 0 unspecified atom stereocenters. The van der Waals surface area contributed by atoms with E-state index in [0.29, 0.717) is 16.6 Å². The molecule has 4 nitrogen and oxygen atoms in total. The molecule has 1 aromatic carbocycles. The molecule has 2 aromatic rings. The van der Waals surface area contributed by atoms with E-state index in [0.717, 1.165) is 30.0 Å². The first-order valence-electron chi connectivity index (χ1n) is 7.61. The number of nitrogens with two attached hydrogens (primary N) is 1. The van der Waals surface area contributed by atoms with Crippen LogP contribution in [0.15, 0.2) is 24.5 Å². The van der Waals surface area contributed by atoms with Crippen molar-refractivity contribution in [2.24, 2.45) is 5.73 Å². The standard InChI is InChI=1S/C16H20Cl2N4/c17-12-3-4-13(14(18)9-12)16-15(10-19)22(11-20-16)8-7-21-5-1-2-6-21/h3-4,9,11H,1-2,5-8,10,19H2. The van der Waals surface area contributed by atoms with Crippen LogP contribution in [0.4, 0.5) is 0 Å². The number of hydrogen-bond donors (Lipinski definition) is 1. The van der Waals surface area contributed by atoms with Crippen molar-refractivity contribution in [2.75, 3.05) is 19.6 Å². The number of hydrogen-bond acceptors (Lipinski definition) is 3. The maximum atomic E-state index is 6.30. The van der Waals surface area contributed by atoms with E-state index >= 15 is 0 Å². The molecule has 0 amide bonds. The highest BCUT2D eigenvalue weighted by molar-refractivity contribution is 6.36. The largest absolute Gasteiger partial charge is 0.332 e. The van der Waals surface area contributed by atoms with E-state index in [1.165, 1.54) is 25.9 Å². The van der Waals surface area contributed by atoms with Gasteiger partial charge in [0.2, 0.25) is 0 Å². The molecular weight excluding hydrogens is 319 g/mol. The Bertz CT molecular complexity index is 648. The molecule has 2 N–H and O–H groups in total. The maximum Gasteiger partial charge on any atom is 0.0956 e. The van der Waals surface area contributed by atoms with Crippen LogP contribution in [-0.4, -0.2) is 34.1 Å². The fourth-order valence-corrected chi connectivity index (χ4v) is 3.47. The molecule has 1 saturated heterocycles. The van der Waals surface area contributed by atoms with Crippen molar-refractivity contribution < 1.29 is 0 Å². The summed E-state index contributed by atoms with van der Waals surface area (Å²) in [6, 6.07) is 5.46. The lowest BCUT2D eigenvalue weighted by Gasteiger charge is -2.16. The molecule has 2 heterocycles. The van der Waals surface area contributed by atoms with Crippen LogP contribution in [0.3, 0.4) is 0 Å². The van der Waals surface area contributed by atoms with Gasteiger partial charge in [-0.15, -0.1) is 0 Å². The highest BCUT2D eigenvalue weighted by Crippen LogP contribution is 2.31. The molecule has 1 aliphatic heterocycles. The number of halogens is 2. The van der Waals surface area contributed by atoms with Crippen LogP contribution in [-0.2, 0) is 13.1 Å². The smallest absolute Gasteiger partial charge is 0.0956 e. The second kappa shape index (κ2) is 7.01. The molecule has 0 spiro atoms. The molecule has 0 radical (unpaired) electrons. The lowest BCUT2D eigenvalue weighted by atomic mass is 10.1. The third-order valence-electron chi connectivity index (χ3n) is 4.18. The number of imidazole rings is 1. The molecule has 0 aliphatic carbocycles. The minimum Gasteiger partial charge on any atom is -0.332 e. The van der Waals surface area contributed by atoms with E-state index in [4.69, 9.17) is 28.9 Å². The Labute approximate surface area is 140 Å². The number of benzene rings is 1. The van der Waals surface area contributed by atoms with Crippen LogP contribution >= 0.6 is 23.2 Å². The Hall–Kier alpha value is -1.07. The topological polar surface area (TPSA) is 47.1 Å². The Balaban J connectivity index is 1.83. The van der Waals surface area contributed by atoms with Crippen LogP contribution in [0.5, 0.6) is 0 Å². The molecule has 1 fully saturated rings. The molecule has 1 aromatic heterocycles. The number of likely N-dealkylation sites (tertiary alicyclic amines) is 1. The van der Waals surface area contributed by atoms with Gasteiger partial charge in [-0.2, -0.15) is 0 Å². The average molecular weight is 339 g/mol. The summed E-state index contributed by atoms with van der Waals surface area (Å²) in [7, 11) is 0. The number of aromatic nitrogens is 2. The lowest BCUT2D eigenvalue weighted by molar-refractivity contribution is 0.321. The molecule has 118 valence electrons. The quantitative estimate of drug-likeness (QED) is 0.908. The summed E-state index contributed by atoms with van der Waals surface area (Å²) < 4.78 is 2.14. The van der Waals surface area contributed by atoms with Crippen LogP contribution in [0.2, 0.25) is 10.0 Å². The Morgan fingerprint density at radius 1 is 1.14 bits per heavy atom. The van der Waals surface area contributed by atoms with E-state index in [2.05, 4.69) is 14.5 Å². The van der Waals surface area contributed by atoms with Crippen molar-refractivity contribution in [1.29, 1.82) is 0 Å². The van der Waals surface area contributed by atoms with Gasteiger partial charge in [0.05, 0.1) is 22.7 Å². The molecule has 0 bridgehead atoms. The summed E-state index contributed by atoms with van der Waals surface area (Å²) in [6.45, 7) is 4.78. The monoisotopic (exact) mass is 338 g/mol. The fraction of sp³-hybridized carbons (Fsp3) is 0.438. The Morgan fingerprint density at radius 3 is 2.59 bits per heavy atom. The molecule has 3 rings (SSSR count). The predicted octanol–water partition coefficient (Wildman–Crippen LogP) is 3.41. The zero-order chi connectivity index (χ0) is 15.5. The summed E-state index contributed by atoms with van der Waals surface area (Å²) in [5, 5.41) is 1.23. The summed E-state index contributed by atoms with van der Waals surface area (Å²) in [4.78, 5) is 7.01. The molecule has 1 aliphatic rings. The first kappa shape index (κ1) is 15.8. The van der Waals surface area contributed by atoms with Gasteiger partial charge >= 0.3 is 0 Å². The van der Waals surface area contributed by atoms with Crippen LogP contribution < -0.4 is 5.73 Å². The Morgan fingerprint density at radius 2 is 1.91 bits per heavy atom. The van der Waals surface area contributed by atoms with Gasteiger partial charge in [0.15, 0.2) is 0 Å². The summed E-state index contributed by atoms with van der Waals surface area (Å²) in [5.41, 5.74) is 8.70. The molecule has 0 saturated carbocycles. The Kier molecular flexibility index (Phi) is 5.03. The van der Waals surface area contributed by atoms with Gasteiger partial charge in [-0.25, -0.2) is 4.98 Å². The van der Waals surface area contributed by atoms with Gasteiger partial charge in [-0.05, 0) is 44.1 Å². The SMILES string of the molecule is NCc1c(-c2ccc(Cl)cc2Cl)ncn1CCN1CCCC1. The van der Waals surface area contributed by atoms with Crippen molar-refractivity contribution >= 4 is 23.2 Å². The van der Waals surface area contributed by atoms with Gasteiger partial charge in [-0.1, -0.05) is 23.2 Å². The van der Waals surface area contributed by atoms with E-state index in [1.807, 2.05) is 18.5 Å². The first-order chi connectivity index (χ1) is 10.7. The van der Waals surface area contributed by atoms with Gasteiger partial charge in [-0.3, -0.25) is 0 Å². The third kappa shape index (κ3) is 3.30. The molecular formula is C16H20Cl2N4.